The van der Waals surface area contributed by atoms with Crippen molar-refractivity contribution in [1.82, 2.24) is 0 Å². The Morgan fingerprint density at radius 1 is 1.00 bits per heavy atom. The molecule has 0 aromatic rings. The van der Waals surface area contributed by atoms with Gasteiger partial charge in [0.1, 0.15) is 0 Å². The molecule has 76 valence electrons. The summed E-state index contributed by atoms with van der Waals surface area (Å²) in [6.07, 6.45) is 17.5. The number of hydrogen-bond donors (Lipinski definition) is 0. The number of hydrogen-bond acceptors (Lipinski definition) is 0. The van der Waals surface area contributed by atoms with Gasteiger partial charge in [-0.1, -0.05) is 57.6 Å². The Morgan fingerprint density at radius 3 is 2.62 bits per heavy atom. The molecule has 1 unspecified atom stereocenters. The highest BCUT2D eigenvalue weighted by Crippen LogP contribution is 2.20. The minimum atomic E-state index is 0.967. The van der Waals surface area contributed by atoms with Crippen molar-refractivity contribution in [1.29, 1.82) is 0 Å². The summed E-state index contributed by atoms with van der Waals surface area (Å²) < 4.78 is 0. The summed E-state index contributed by atoms with van der Waals surface area (Å²) in [5.41, 5.74) is 0. The Hall–Kier alpha value is -0.260. The van der Waals surface area contributed by atoms with Gasteiger partial charge in [-0.2, -0.15) is 0 Å². The van der Waals surface area contributed by atoms with Crippen LogP contribution in [0.2, 0.25) is 0 Å². The van der Waals surface area contributed by atoms with Crippen molar-refractivity contribution in [3.63, 3.8) is 0 Å². The molecule has 0 amide bonds. The third-order valence-electron chi connectivity index (χ3n) is 3.20. The number of rotatable bonds is 1. The van der Waals surface area contributed by atoms with Crippen LogP contribution in [0.3, 0.4) is 0 Å². The summed E-state index contributed by atoms with van der Waals surface area (Å²) in [5.74, 6) is 0.967. The van der Waals surface area contributed by atoms with Crippen LogP contribution in [-0.2, 0) is 0 Å². The minimum Gasteiger partial charge on any atom is -0.0885 e. The van der Waals surface area contributed by atoms with Crippen LogP contribution in [-0.4, -0.2) is 0 Å². The monoisotopic (exact) mass is 180 g/mol. The smallest absolute Gasteiger partial charge is 0.0322 e. The van der Waals surface area contributed by atoms with Crippen molar-refractivity contribution < 1.29 is 0 Å². The molecule has 1 aliphatic rings. The predicted octanol–water partition coefficient (Wildman–Crippen LogP) is 4.70. The van der Waals surface area contributed by atoms with Gasteiger partial charge in [0.25, 0.3) is 0 Å². The molecular formula is C13H24. The third kappa shape index (κ3) is 5.13. The van der Waals surface area contributed by atoms with Crippen LogP contribution < -0.4 is 0 Å². The lowest BCUT2D eigenvalue weighted by molar-refractivity contribution is 0.445. The zero-order chi connectivity index (χ0) is 9.36. The molecule has 13 heavy (non-hydrogen) atoms. The average Bonchev–Trinajstić information content (AvgIpc) is 2.22. The van der Waals surface area contributed by atoms with E-state index >= 15 is 0 Å². The van der Waals surface area contributed by atoms with Gasteiger partial charge in [-0.05, 0) is 25.2 Å². The van der Waals surface area contributed by atoms with E-state index in [4.69, 9.17) is 0 Å². The second-order valence-corrected chi connectivity index (χ2v) is 4.33. The highest BCUT2D eigenvalue weighted by Gasteiger charge is 2.04. The Balaban J connectivity index is 2.28. The topological polar surface area (TPSA) is 0 Å². The van der Waals surface area contributed by atoms with Gasteiger partial charge in [-0.15, -0.1) is 0 Å². The van der Waals surface area contributed by atoms with Gasteiger partial charge in [0.05, 0.1) is 0 Å². The fourth-order valence-electron chi connectivity index (χ4n) is 2.12. The molecule has 0 fully saturated rings. The van der Waals surface area contributed by atoms with Crippen LogP contribution in [0.5, 0.6) is 0 Å². The fraction of sp³-hybridized carbons (Fsp3) is 0.846. The molecule has 0 heteroatoms. The molecular weight excluding hydrogens is 156 g/mol. The Bertz CT molecular complexity index is 135. The molecule has 1 aliphatic carbocycles. The molecule has 0 heterocycles. The summed E-state index contributed by atoms with van der Waals surface area (Å²) in [7, 11) is 0. The van der Waals surface area contributed by atoms with Gasteiger partial charge in [0.15, 0.2) is 0 Å². The van der Waals surface area contributed by atoms with Crippen molar-refractivity contribution in [2.75, 3.05) is 0 Å². The van der Waals surface area contributed by atoms with Crippen LogP contribution in [0.4, 0.5) is 0 Å². The van der Waals surface area contributed by atoms with Gasteiger partial charge < -0.3 is 0 Å². The summed E-state index contributed by atoms with van der Waals surface area (Å²) in [5, 5.41) is 0. The normalized spacial score (nSPS) is 29.2. The first-order chi connectivity index (χ1) is 6.43. The zero-order valence-corrected chi connectivity index (χ0v) is 9.10. The summed E-state index contributed by atoms with van der Waals surface area (Å²) >= 11 is 0. The van der Waals surface area contributed by atoms with Gasteiger partial charge in [0.2, 0.25) is 0 Å². The second-order valence-electron chi connectivity index (χ2n) is 4.33. The quantitative estimate of drug-likeness (QED) is 0.513. The second kappa shape index (κ2) is 7.17. The molecule has 0 N–H and O–H groups in total. The van der Waals surface area contributed by atoms with Gasteiger partial charge in [-0.25, -0.2) is 0 Å². The fourth-order valence-corrected chi connectivity index (χ4v) is 2.12. The van der Waals surface area contributed by atoms with E-state index in [1.54, 1.807) is 0 Å². The van der Waals surface area contributed by atoms with Crippen molar-refractivity contribution in [3.8, 4) is 0 Å². The Labute approximate surface area is 83.4 Å². The maximum atomic E-state index is 2.42. The van der Waals surface area contributed by atoms with E-state index in [9.17, 15) is 0 Å². The lowest BCUT2D eigenvalue weighted by Gasteiger charge is -2.11. The lowest BCUT2D eigenvalue weighted by Crippen LogP contribution is -1.96. The van der Waals surface area contributed by atoms with Crippen molar-refractivity contribution >= 4 is 0 Å². The lowest BCUT2D eigenvalue weighted by atomic mass is 9.95. The van der Waals surface area contributed by atoms with E-state index in [2.05, 4.69) is 19.1 Å². The number of allylic oxidation sites excluding steroid dienone is 2. The SMILES string of the molecule is CCC1C/C=C/CCCCCCC1. The highest BCUT2D eigenvalue weighted by atomic mass is 14.1. The van der Waals surface area contributed by atoms with Crippen molar-refractivity contribution in [2.24, 2.45) is 5.92 Å². The molecule has 0 saturated heterocycles. The van der Waals surface area contributed by atoms with Crippen LogP contribution in [0, 0.1) is 5.92 Å². The molecule has 0 aliphatic heterocycles. The van der Waals surface area contributed by atoms with E-state index in [1.807, 2.05) is 0 Å². The molecule has 0 radical (unpaired) electrons. The molecule has 0 saturated carbocycles. The molecule has 0 aromatic carbocycles. The zero-order valence-electron chi connectivity index (χ0n) is 9.10. The predicted molar refractivity (Wildman–Crippen MR) is 59.9 cm³/mol. The molecule has 1 atom stereocenters. The van der Waals surface area contributed by atoms with E-state index in [1.165, 1.54) is 57.8 Å². The third-order valence-corrected chi connectivity index (χ3v) is 3.20. The van der Waals surface area contributed by atoms with Crippen LogP contribution in [0.15, 0.2) is 12.2 Å². The van der Waals surface area contributed by atoms with Crippen molar-refractivity contribution in [2.45, 2.75) is 64.7 Å². The van der Waals surface area contributed by atoms with E-state index in [0.29, 0.717) is 0 Å². The van der Waals surface area contributed by atoms with Gasteiger partial charge in [0, 0.05) is 0 Å². The maximum absolute atomic E-state index is 2.42. The maximum Gasteiger partial charge on any atom is -0.0322 e. The summed E-state index contributed by atoms with van der Waals surface area (Å²) in [6, 6.07) is 0. The van der Waals surface area contributed by atoms with Crippen LogP contribution in [0.25, 0.3) is 0 Å². The first-order valence-electron chi connectivity index (χ1n) is 6.08. The van der Waals surface area contributed by atoms with Crippen LogP contribution >= 0.6 is 0 Å². The molecule has 0 bridgehead atoms. The first kappa shape index (κ1) is 10.8. The van der Waals surface area contributed by atoms with Crippen molar-refractivity contribution in [3.05, 3.63) is 12.2 Å². The summed E-state index contributed by atoms with van der Waals surface area (Å²) in [4.78, 5) is 0. The molecule has 0 nitrogen and oxygen atoms in total. The van der Waals surface area contributed by atoms with Gasteiger partial charge in [-0.3, -0.25) is 0 Å². The van der Waals surface area contributed by atoms with E-state index in [-0.39, 0.29) is 0 Å². The highest BCUT2D eigenvalue weighted by molar-refractivity contribution is 4.84. The Kier molecular flexibility index (Phi) is 5.97. The molecule has 1 rings (SSSR count). The first-order valence-corrected chi connectivity index (χ1v) is 6.08. The van der Waals surface area contributed by atoms with Crippen LogP contribution in [0.1, 0.15) is 64.7 Å². The van der Waals surface area contributed by atoms with E-state index < -0.39 is 0 Å². The molecule has 0 spiro atoms. The average molecular weight is 180 g/mol. The largest absolute Gasteiger partial charge is 0.0885 e. The molecule has 0 aromatic heterocycles. The standard InChI is InChI=1S/C13H24/c1-2-13-11-9-7-5-3-4-6-8-10-12-13/h7,9,13H,2-6,8,10-12H2,1H3/b9-7+. The summed E-state index contributed by atoms with van der Waals surface area (Å²) in [6.45, 7) is 2.33. The van der Waals surface area contributed by atoms with E-state index in [0.717, 1.165) is 5.92 Å². The minimum absolute atomic E-state index is 0.967. The van der Waals surface area contributed by atoms with Gasteiger partial charge >= 0.3 is 0 Å². The Morgan fingerprint density at radius 2 is 1.77 bits per heavy atom.